The number of ketones is 1. The molecule has 0 N–H and O–H groups in total. The zero-order valence-corrected chi connectivity index (χ0v) is 17.9. The molecule has 4 nitrogen and oxygen atoms in total. The van der Waals surface area contributed by atoms with Crippen LogP contribution in [0.2, 0.25) is 0 Å². The molecule has 4 aliphatic carbocycles. The van der Waals surface area contributed by atoms with Gasteiger partial charge in [-0.15, -0.1) is 0 Å². The molecule has 0 amide bonds. The van der Waals surface area contributed by atoms with Crippen molar-refractivity contribution in [2.75, 3.05) is 0 Å². The molecule has 4 rings (SSSR count). The average molecular weight is 396 g/mol. The van der Waals surface area contributed by atoms with Crippen LogP contribution in [-0.4, -0.2) is 17.4 Å². The maximum absolute atomic E-state index is 12.6. The summed E-state index contributed by atoms with van der Waals surface area (Å²) < 4.78 is 6.18. The molecule has 2 fully saturated rings. The molecule has 0 bridgehead atoms. The summed E-state index contributed by atoms with van der Waals surface area (Å²) in [6, 6.07) is 2.36. The van der Waals surface area contributed by atoms with Crippen LogP contribution >= 0.6 is 0 Å². The highest BCUT2D eigenvalue weighted by Crippen LogP contribution is 2.65. The molecule has 2 unspecified atom stereocenters. The van der Waals surface area contributed by atoms with E-state index in [0.29, 0.717) is 31.1 Å². The highest BCUT2D eigenvalue weighted by atomic mass is 16.6. The first-order chi connectivity index (χ1) is 13.9. The summed E-state index contributed by atoms with van der Waals surface area (Å²) in [5.41, 5.74) is 3.54. The third kappa shape index (κ3) is 3.27. The van der Waals surface area contributed by atoms with Crippen LogP contribution in [0.25, 0.3) is 0 Å². The maximum Gasteiger partial charge on any atom is 0.306 e. The number of allylic oxidation sites excluding steroid dienone is 4. The lowest BCUT2D eigenvalue weighted by Crippen LogP contribution is -2.52. The molecule has 4 aliphatic rings. The minimum atomic E-state index is -0.633. The fourth-order valence-electron chi connectivity index (χ4n) is 6.84. The van der Waals surface area contributed by atoms with Crippen molar-refractivity contribution in [3.63, 3.8) is 0 Å². The summed E-state index contributed by atoms with van der Waals surface area (Å²) in [6.07, 6.45) is 11.9. The number of nitrogens with zero attached hydrogens (tertiary/aromatic N) is 1. The van der Waals surface area contributed by atoms with Gasteiger partial charge in [-0.1, -0.05) is 25.8 Å². The van der Waals surface area contributed by atoms with Crippen molar-refractivity contribution in [3.8, 4) is 6.07 Å². The first kappa shape index (κ1) is 20.4. The number of hydrogen-bond donors (Lipinski definition) is 0. The number of rotatable bonds is 5. The SMILES string of the molecule is CCCCC(=O)O[C@@]1(CC#N)CCC2C3CCC4=CC(=O)CCC4=C3CC[C@@]21C. The van der Waals surface area contributed by atoms with E-state index in [-0.39, 0.29) is 17.2 Å². The maximum atomic E-state index is 12.6. The van der Waals surface area contributed by atoms with E-state index in [2.05, 4.69) is 19.9 Å². The van der Waals surface area contributed by atoms with Crippen molar-refractivity contribution >= 4 is 11.8 Å². The average Bonchev–Trinajstić information content (AvgIpc) is 2.98. The Morgan fingerprint density at radius 2 is 2.07 bits per heavy atom. The van der Waals surface area contributed by atoms with Gasteiger partial charge in [0.2, 0.25) is 0 Å². The van der Waals surface area contributed by atoms with Crippen molar-refractivity contribution in [2.24, 2.45) is 17.3 Å². The minimum Gasteiger partial charge on any atom is -0.457 e. The molecule has 156 valence electrons. The molecular weight excluding hydrogens is 362 g/mol. The Morgan fingerprint density at radius 1 is 1.24 bits per heavy atom. The lowest BCUT2D eigenvalue weighted by atomic mass is 9.54. The van der Waals surface area contributed by atoms with Crippen molar-refractivity contribution in [1.82, 2.24) is 0 Å². The van der Waals surface area contributed by atoms with E-state index in [0.717, 1.165) is 57.8 Å². The molecule has 29 heavy (non-hydrogen) atoms. The summed E-state index contributed by atoms with van der Waals surface area (Å²) >= 11 is 0. The third-order valence-corrected chi connectivity index (χ3v) is 8.43. The highest BCUT2D eigenvalue weighted by molar-refractivity contribution is 5.93. The Labute approximate surface area is 174 Å². The molecular formula is C25H33NO3. The Morgan fingerprint density at radius 3 is 2.83 bits per heavy atom. The van der Waals surface area contributed by atoms with Gasteiger partial charge in [-0.3, -0.25) is 9.59 Å². The Kier molecular flexibility index (Phi) is 5.44. The largest absolute Gasteiger partial charge is 0.457 e. The van der Waals surface area contributed by atoms with E-state index in [9.17, 15) is 14.9 Å². The van der Waals surface area contributed by atoms with E-state index in [4.69, 9.17) is 4.74 Å². The topological polar surface area (TPSA) is 67.2 Å². The van der Waals surface area contributed by atoms with E-state index in [1.165, 1.54) is 11.1 Å². The van der Waals surface area contributed by atoms with Crippen molar-refractivity contribution < 1.29 is 14.3 Å². The van der Waals surface area contributed by atoms with Gasteiger partial charge < -0.3 is 4.74 Å². The predicted octanol–water partition coefficient (Wildman–Crippen LogP) is 5.58. The smallest absolute Gasteiger partial charge is 0.306 e. The molecule has 0 heterocycles. The van der Waals surface area contributed by atoms with Crippen molar-refractivity contribution in [2.45, 2.75) is 96.5 Å². The second kappa shape index (κ2) is 7.74. The van der Waals surface area contributed by atoms with Crippen LogP contribution in [-0.2, 0) is 14.3 Å². The molecule has 0 aromatic rings. The number of unbranched alkanes of at least 4 members (excludes halogenated alkanes) is 1. The molecule has 0 spiro atoms. The minimum absolute atomic E-state index is 0.132. The molecule has 0 aliphatic heterocycles. The van der Waals surface area contributed by atoms with Crippen LogP contribution in [0, 0.1) is 28.6 Å². The van der Waals surface area contributed by atoms with Crippen LogP contribution in [0.3, 0.4) is 0 Å². The summed E-state index contributed by atoms with van der Waals surface area (Å²) in [5, 5.41) is 9.61. The molecule has 0 aromatic carbocycles. The Bertz CT molecular complexity index is 816. The van der Waals surface area contributed by atoms with Crippen molar-refractivity contribution in [3.05, 3.63) is 22.8 Å². The van der Waals surface area contributed by atoms with Crippen LogP contribution < -0.4 is 0 Å². The number of carbonyl (C=O) groups excluding carboxylic acids is 2. The molecule has 2 saturated carbocycles. The summed E-state index contributed by atoms with van der Waals surface area (Å²) in [5.74, 6) is 1.12. The lowest BCUT2D eigenvalue weighted by Gasteiger charge is -2.52. The van der Waals surface area contributed by atoms with Gasteiger partial charge in [-0.25, -0.2) is 0 Å². The van der Waals surface area contributed by atoms with Gasteiger partial charge >= 0.3 is 5.97 Å². The second-order valence-electron chi connectivity index (χ2n) is 9.75. The van der Waals surface area contributed by atoms with Crippen LogP contribution in [0.5, 0.6) is 0 Å². The third-order valence-electron chi connectivity index (χ3n) is 8.43. The summed E-state index contributed by atoms with van der Waals surface area (Å²) in [4.78, 5) is 24.4. The highest BCUT2D eigenvalue weighted by Gasteiger charge is 2.63. The van der Waals surface area contributed by atoms with Gasteiger partial charge in [-0.2, -0.15) is 5.26 Å². The number of ether oxygens (including phenoxy) is 1. The first-order valence-electron chi connectivity index (χ1n) is 11.5. The number of hydrogen-bond acceptors (Lipinski definition) is 4. The molecule has 0 radical (unpaired) electrons. The molecule has 0 aromatic heterocycles. The van der Waals surface area contributed by atoms with Crippen LogP contribution in [0.4, 0.5) is 0 Å². The fraction of sp³-hybridized carbons (Fsp3) is 0.720. The van der Waals surface area contributed by atoms with E-state index in [1.54, 1.807) is 5.57 Å². The molecule has 4 atom stereocenters. The number of fused-ring (bicyclic) bond motifs is 4. The molecule has 0 saturated heterocycles. The fourth-order valence-corrected chi connectivity index (χ4v) is 6.84. The Balaban J connectivity index is 1.64. The van der Waals surface area contributed by atoms with Gasteiger partial charge in [0.1, 0.15) is 5.60 Å². The zero-order valence-electron chi connectivity index (χ0n) is 17.9. The first-order valence-corrected chi connectivity index (χ1v) is 11.5. The van der Waals surface area contributed by atoms with Gasteiger partial charge in [0, 0.05) is 18.3 Å². The van der Waals surface area contributed by atoms with Crippen LogP contribution in [0.1, 0.15) is 90.9 Å². The Hall–Kier alpha value is -1.89. The van der Waals surface area contributed by atoms with E-state index >= 15 is 0 Å². The van der Waals surface area contributed by atoms with Crippen molar-refractivity contribution in [1.29, 1.82) is 5.26 Å². The van der Waals surface area contributed by atoms with E-state index < -0.39 is 5.60 Å². The number of esters is 1. The van der Waals surface area contributed by atoms with E-state index in [1.807, 2.05) is 6.08 Å². The quantitative estimate of drug-likeness (QED) is 0.570. The van der Waals surface area contributed by atoms with Gasteiger partial charge in [-0.05, 0) is 80.4 Å². The monoisotopic (exact) mass is 395 g/mol. The lowest BCUT2D eigenvalue weighted by molar-refractivity contribution is -0.177. The predicted molar refractivity (Wildman–Crippen MR) is 111 cm³/mol. The number of nitriles is 1. The van der Waals surface area contributed by atoms with Gasteiger partial charge in [0.25, 0.3) is 0 Å². The second-order valence-corrected chi connectivity index (χ2v) is 9.75. The standard InChI is InChI=1S/C25H33NO3/c1-3-4-5-23(28)29-25(14-15-26)13-11-22-21-8-6-17-16-18(27)7-9-19(17)20(21)10-12-24(22,25)2/h16,21-22H,3-14H2,1-2H3/t21?,22?,24-,25+/m0/s1. The number of carbonyl (C=O) groups is 2. The normalized spacial score (nSPS) is 35.9. The van der Waals surface area contributed by atoms with Gasteiger partial charge in [0.05, 0.1) is 12.5 Å². The molecule has 4 heteroatoms. The van der Waals surface area contributed by atoms with Crippen LogP contribution in [0.15, 0.2) is 22.8 Å². The van der Waals surface area contributed by atoms with Gasteiger partial charge in [0.15, 0.2) is 5.78 Å². The summed E-state index contributed by atoms with van der Waals surface area (Å²) in [6.45, 7) is 4.36. The summed E-state index contributed by atoms with van der Waals surface area (Å²) in [7, 11) is 0. The zero-order chi connectivity index (χ0) is 20.6.